The predicted octanol–water partition coefficient (Wildman–Crippen LogP) is 4.15. The first-order chi connectivity index (χ1) is 10.4. The lowest BCUT2D eigenvalue weighted by Crippen LogP contribution is -2.00. The van der Waals surface area contributed by atoms with Crippen molar-refractivity contribution in [3.8, 4) is 5.75 Å². The second-order valence-corrected chi connectivity index (χ2v) is 5.53. The first-order valence-electron chi connectivity index (χ1n) is 6.75. The molecule has 1 N–H and O–H groups in total. The largest absolute Gasteiger partial charge is 0.508 e. The Balaban J connectivity index is 2.26. The highest BCUT2D eigenvalue weighted by Gasteiger charge is 2.13. The van der Waals surface area contributed by atoms with Gasteiger partial charge in [-0.25, -0.2) is 4.39 Å². The van der Waals surface area contributed by atoms with E-state index in [0.717, 1.165) is 5.56 Å². The molecule has 0 aromatic heterocycles. The van der Waals surface area contributed by atoms with Crippen molar-refractivity contribution >= 4 is 17.6 Å². The number of hydrogen-bond acceptors (Lipinski definition) is 3. The van der Waals surface area contributed by atoms with E-state index in [2.05, 4.69) is 0 Å². The summed E-state index contributed by atoms with van der Waals surface area (Å²) in [5, 5.41) is 10.4. The quantitative estimate of drug-likeness (QED) is 0.860. The number of benzene rings is 2. The molecular weight excluding hydrogens is 307 g/mol. The SMILES string of the molecule is CC(=O)OCc1cc(O)c(Cc2ccc(C)cc2F)c(Cl)c1. The van der Waals surface area contributed by atoms with Gasteiger partial charge in [-0.15, -0.1) is 0 Å². The lowest BCUT2D eigenvalue weighted by molar-refractivity contribution is -0.142. The van der Waals surface area contributed by atoms with Crippen LogP contribution in [0.1, 0.15) is 29.2 Å². The molecule has 0 saturated carbocycles. The van der Waals surface area contributed by atoms with Crippen molar-refractivity contribution < 1.29 is 19.0 Å². The highest BCUT2D eigenvalue weighted by molar-refractivity contribution is 6.31. The van der Waals surface area contributed by atoms with Crippen LogP contribution in [0.25, 0.3) is 0 Å². The minimum absolute atomic E-state index is 0.0295. The van der Waals surface area contributed by atoms with Crippen molar-refractivity contribution in [1.29, 1.82) is 0 Å². The number of aromatic hydroxyl groups is 1. The molecule has 0 aliphatic heterocycles. The van der Waals surface area contributed by atoms with Crippen LogP contribution in [0.4, 0.5) is 4.39 Å². The van der Waals surface area contributed by atoms with Crippen molar-refractivity contribution in [3.63, 3.8) is 0 Å². The maximum absolute atomic E-state index is 13.9. The van der Waals surface area contributed by atoms with E-state index in [1.54, 1.807) is 25.1 Å². The monoisotopic (exact) mass is 322 g/mol. The predicted molar refractivity (Wildman–Crippen MR) is 82.5 cm³/mol. The van der Waals surface area contributed by atoms with Crippen LogP contribution in [0.3, 0.4) is 0 Å². The molecule has 0 bridgehead atoms. The Morgan fingerprint density at radius 1 is 1.32 bits per heavy atom. The summed E-state index contributed by atoms with van der Waals surface area (Å²) in [5.41, 5.74) is 2.30. The molecule has 0 atom stereocenters. The standard InChI is InChI=1S/C17H16ClFO3/c1-10-3-4-13(16(19)5-10)8-14-15(18)6-12(7-17(14)21)9-22-11(2)20/h3-7,21H,8-9H2,1-2H3. The molecule has 3 nitrogen and oxygen atoms in total. The van der Waals surface area contributed by atoms with Crippen LogP contribution in [-0.4, -0.2) is 11.1 Å². The Labute approximate surface area is 133 Å². The maximum Gasteiger partial charge on any atom is 0.302 e. The zero-order chi connectivity index (χ0) is 16.3. The van der Waals surface area contributed by atoms with Crippen LogP contribution in [0.5, 0.6) is 5.75 Å². The third-order valence-corrected chi connectivity index (χ3v) is 3.59. The molecule has 22 heavy (non-hydrogen) atoms. The average molecular weight is 323 g/mol. The fourth-order valence-electron chi connectivity index (χ4n) is 2.11. The minimum Gasteiger partial charge on any atom is -0.508 e. The van der Waals surface area contributed by atoms with Crippen LogP contribution >= 0.6 is 11.6 Å². The van der Waals surface area contributed by atoms with Crippen LogP contribution in [-0.2, 0) is 22.6 Å². The maximum atomic E-state index is 13.9. The van der Waals surface area contributed by atoms with E-state index < -0.39 is 5.97 Å². The zero-order valence-electron chi connectivity index (χ0n) is 12.3. The van der Waals surface area contributed by atoms with Gasteiger partial charge in [0, 0.05) is 23.9 Å². The first kappa shape index (κ1) is 16.3. The fourth-order valence-corrected chi connectivity index (χ4v) is 2.41. The molecule has 0 heterocycles. The number of phenols is 1. The van der Waals surface area contributed by atoms with Crippen LogP contribution in [0.2, 0.25) is 5.02 Å². The van der Waals surface area contributed by atoms with E-state index in [1.165, 1.54) is 19.1 Å². The van der Waals surface area contributed by atoms with E-state index in [0.29, 0.717) is 21.7 Å². The molecule has 0 amide bonds. The van der Waals surface area contributed by atoms with Gasteiger partial charge >= 0.3 is 5.97 Å². The summed E-state index contributed by atoms with van der Waals surface area (Å²) in [6.45, 7) is 3.14. The Bertz CT molecular complexity index is 690. The third-order valence-electron chi connectivity index (χ3n) is 3.25. The summed E-state index contributed by atoms with van der Waals surface area (Å²) in [6.07, 6.45) is 0.185. The average Bonchev–Trinajstić information content (AvgIpc) is 2.42. The number of phenolic OH excluding ortho intramolecular Hbond substituents is 1. The van der Waals surface area contributed by atoms with Gasteiger partial charge in [-0.05, 0) is 41.8 Å². The van der Waals surface area contributed by atoms with E-state index in [4.69, 9.17) is 16.3 Å². The summed E-state index contributed by atoms with van der Waals surface area (Å²) in [5.74, 6) is -0.796. The molecule has 0 unspecified atom stereocenters. The second-order valence-electron chi connectivity index (χ2n) is 5.13. The molecule has 2 rings (SSSR count). The molecular formula is C17H16ClFO3. The molecule has 0 aliphatic carbocycles. The fraction of sp³-hybridized carbons (Fsp3) is 0.235. The van der Waals surface area contributed by atoms with E-state index in [-0.39, 0.29) is 24.6 Å². The lowest BCUT2D eigenvalue weighted by Gasteiger charge is -2.11. The van der Waals surface area contributed by atoms with Crippen molar-refractivity contribution in [3.05, 3.63) is 63.4 Å². The Morgan fingerprint density at radius 3 is 2.64 bits per heavy atom. The smallest absolute Gasteiger partial charge is 0.302 e. The molecule has 2 aromatic carbocycles. The van der Waals surface area contributed by atoms with Crippen molar-refractivity contribution in [2.45, 2.75) is 26.9 Å². The van der Waals surface area contributed by atoms with Gasteiger partial charge in [-0.1, -0.05) is 23.7 Å². The lowest BCUT2D eigenvalue weighted by atomic mass is 10.0. The van der Waals surface area contributed by atoms with Crippen molar-refractivity contribution in [2.24, 2.45) is 0 Å². The summed E-state index contributed by atoms with van der Waals surface area (Å²) in [4.78, 5) is 10.8. The number of rotatable bonds is 4. The van der Waals surface area contributed by atoms with Gasteiger partial charge in [0.25, 0.3) is 0 Å². The molecule has 0 radical (unpaired) electrons. The summed E-state index contributed by atoms with van der Waals surface area (Å²) < 4.78 is 18.8. The van der Waals surface area contributed by atoms with Gasteiger partial charge in [0.2, 0.25) is 0 Å². The van der Waals surface area contributed by atoms with Gasteiger partial charge in [0.05, 0.1) is 0 Å². The topological polar surface area (TPSA) is 46.5 Å². The third kappa shape index (κ3) is 3.98. The van der Waals surface area contributed by atoms with Crippen LogP contribution in [0, 0.1) is 12.7 Å². The summed E-state index contributed by atoms with van der Waals surface area (Å²) >= 11 is 6.16. The van der Waals surface area contributed by atoms with Gasteiger partial charge in [0.1, 0.15) is 18.2 Å². The zero-order valence-corrected chi connectivity index (χ0v) is 13.1. The van der Waals surface area contributed by atoms with Crippen LogP contribution < -0.4 is 0 Å². The number of halogens is 2. The summed E-state index contributed by atoms with van der Waals surface area (Å²) in [7, 11) is 0. The van der Waals surface area contributed by atoms with E-state index >= 15 is 0 Å². The molecule has 0 aliphatic rings. The van der Waals surface area contributed by atoms with E-state index in [1.807, 2.05) is 0 Å². The number of aryl methyl sites for hydroxylation is 1. The Kier molecular flexibility index (Phi) is 5.03. The molecule has 0 saturated heterocycles. The minimum atomic E-state index is -0.415. The van der Waals surface area contributed by atoms with Gasteiger partial charge in [0.15, 0.2) is 0 Å². The highest BCUT2D eigenvalue weighted by atomic mass is 35.5. The summed E-state index contributed by atoms with van der Waals surface area (Å²) in [6, 6.07) is 7.99. The number of hydrogen-bond donors (Lipinski definition) is 1. The highest BCUT2D eigenvalue weighted by Crippen LogP contribution is 2.31. The Hall–Kier alpha value is -2.07. The molecule has 2 aromatic rings. The van der Waals surface area contributed by atoms with Crippen molar-refractivity contribution in [2.75, 3.05) is 0 Å². The number of ether oxygens (including phenoxy) is 1. The molecule has 116 valence electrons. The Morgan fingerprint density at radius 2 is 2.05 bits per heavy atom. The van der Waals surface area contributed by atoms with Gasteiger partial charge < -0.3 is 9.84 Å². The number of carbonyl (C=O) groups excluding carboxylic acids is 1. The van der Waals surface area contributed by atoms with Crippen LogP contribution in [0.15, 0.2) is 30.3 Å². The molecule has 5 heteroatoms. The second kappa shape index (κ2) is 6.79. The molecule has 0 fully saturated rings. The first-order valence-corrected chi connectivity index (χ1v) is 7.13. The molecule has 0 spiro atoms. The number of carbonyl (C=O) groups is 1. The van der Waals surface area contributed by atoms with Gasteiger partial charge in [-0.2, -0.15) is 0 Å². The van der Waals surface area contributed by atoms with Crippen molar-refractivity contribution in [1.82, 2.24) is 0 Å². The van der Waals surface area contributed by atoms with E-state index in [9.17, 15) is 14.3 Å². The van der Waals surface area contributed by atoms with Gasteiger partial charge in [-0.3, -0.25) is 4.79 Å². The normalized spacial score (nSPS) is 10.5. The number of esters is 1.